The van der Waals surface area contributed by atoms with Gasteiger partial charge in [0.25, 0.3) is 11.8 Å². The number of amides is 2. The fourth-order valence-electron chi connectivity index (χ4n) is 3.21. The highest BCUT2D eigenvalue weighted by Gasteiger charge is 2.27. The topological polar surface area (TPSA) is 84.2 Å². The molecule has 4 rings (SSSR count). The van der Waals surface area contributed by atoms with Gasteiger partial charge in [0, 0.05) is 36.8 Å². The summed E-state index contributed by atoms with van der Waals surface area (Å²) in [6.45, 7) is 1.83. The Morgan fingerprint density at radius 1 is 0.893 bits per heavy atom. The summed E-state index contributed by atoms with van der Waals surface area (Å²) in [5, 5.41) is 11.7. The van der Waals surface area contributed by atoms with E-state index < -0.39 is 0 Å². The van der Waals surface area contributed by atoms with Gasteiger partial charge in [-0.25, -0.2) is 0 Å². The number of halogens is 1. The van der Waals surface area contributed by atoms with Gasteiger partial charge in [0.15, 0.2) is 0 Å². The first kappa shape index (κ1) is 18.1. The molecule has 142 valence electrons. The summed E-state index contributed by atoms with van der Waals surface area (Å²) in [6.07, 6.45) is 1.45. The van der Waals surface area contributed by atoms with Crippen LogP contribution in [-0.2, 0) is 0 Å². The minimum absolute atomic E-state index is 0.0799. The van der Waals surface area contributed by atoms with Crippen LogP contribution in [-0.4, -0.2) is 68.0 Å². The number of para-hydroxylation sites is 1. The standard InChI is InChI=1S/C19H17ClN6O2/c20-15-5-3-4-14(12-15)18(27)24-8-10-25(11-9-24)19(28)16-6-1-2-7-17(16)26-13-21-22-23-26/h1-7,12-13H,8-11H2. The molecule has 0 N–H and O–H groups in total. The van der Waals surface area contributed by atoms with E-state index in [0.717, 1.165) is 0 Å². The van der Waals surface area contributed by atoms with Gasteiger partial charge in [-0.3, -0.25) is 9.59 Å². The second-order valence-electron chi connectivity index (χ2n) is 6.37. The number of hydrogen-bond acceptors (Lipinski definition) is 5. The zero-order chi connectivity index (χ0) is 19.5. The lowest BCUT2D eigenvalue weighted by Gasteiger charge is -2.35. The smallest absolute Gasteiger partial charge is 0.256 e. The molecular weight excluding hydrogens is 380 g/mol. The Labute approximate surface area is 166 Å². The largest absolute Gasteiger partial charge is 0.335 e. The van der Waals surface area contributed by atoms with E-state index in [2.05, 4.69) is 15.5 Å². The molecule has 0 bridgehead atoms. The Morgan fingerprint density at radius 2 is 1.61 bits per heavy atom. The van der Waals surface area contributed by atoms with Crippen molar-refractivity contribution in [3.05, 3.63) is 71.0 Å². The van der Waals surface area contributed by atoms with E-state index in [0.29, 0.717) is 48.0 Å². The predicted molar refractivity (Wildman–Crippen MR) is 102 cm³/mol. The molecule has 0 saturated carbocycles. The van der Waals surface area contributed by atoms with Crippen molar-refractivity contribution in [1.29, 1.82) is 0 Å². The number of tetrazole rings is 1. The van der Waals surface area contributed by atoms with Crippen LogP contribution in [0.5, 0.6) is 0 Å². The highest BCUT2D eigenvalue weighted by Crippen LogP contribution is 2.18. The predicted octanol–water partition coefficient (Wildman–Crippen LogP) is 1.91. The number of carbonyl (C=O) groups is 2. The molecule has 2 heterocycles. The van der Waals surface area contributed by atoms with Crippen LogP contribution in [0.15, 0.2) is 54.9 Å². The van der Waals surface area contributed by atoms with E-state index in [-0.39, 0.29) is 11.8 Å². The van der Waals surface area contributed by atoms with Gasteiger partial charge in [0.2, 0.25) is 0 Å². The van der Waals surface area contributed by atoms with E-state index in [1.54, 1.807) is 52.3 Å². The first-order valence-electron chi connectivity index (χ1n) is 8.80. The summed E-state index contributed by atoms with van der Waals surface area (Å²) >= 11 is 5.98. The molecule has 1 fully saturated rings. The van der Waals surface area contributed by atoms with E-state index in [9.17, 15) is 9.59 Å². The second kappa shape index (κ2) is 7.77. The van der Waals surface area contributed by atoms with E-state index in [4.69, 9.17) is 11.6 Å². The molecule has 0 aliphatic carbocycles. The minimum Gasteiger partial charge on any atom is -0.335 e. The summed E-state index contributed by atoms with van der Waals surface area (Å²) in [7, 11) is 0. The van der Waals surface area contributed by atoms with Gasteiger partial charge in [-0.15, -0.1) is 5.10 Å². The van der Waals surface area contributed by atoms with Gasteiger partial charge < -0.3 is 9.80 Å². The summed E-state index contributed by atoms with van der Waals surface area (Å²) < 4.78 is 1.46. The number of hydrogen-bond donors (Lipinski definition) is 0. The molecule has 0 atom stereocenters. The number of carbonyl (C=O) groups excluding carboxylic acids is 2. The van der Waals surface area contributed by atoms with Crippen LogP contribution in [0, 0.1) is 0 Å². The van der Waals surface area contributed by atoms with Crippen molar-refractivity contribution in [3.63, 3.8) is 0 Å². The van der Waals surface area contributed by atoms with Gasteiger partial charge in [0.1, 0.15) is 6.33 Å². The summed E-state index contributed by atoms with van der Waals surface area (Å²) in [5.74, 6) is -0.190. The third-order valence-corrected chi connectivity index (χ3v) is 4.89. The maximum atomic E-state index is 13.0. The van der Waals surface area contributed by atoms with Crippen LogP contribution >= 0.6 is 11.6 Å². The lowest BCUT2D eigenvalue weighted by molar-refractivity contribution is 0.0535. The molecule has 0 spiro atoms. The Kier molecular flexibility index (Phi) is 5.03. The fourth-order valence-corrected chi connectivity index (χ4v) is 3.40. The molecule has 3 aromatic rings. The monoisotopic (exact) mass is 396 g/mol. The first-order valence-corrected chi connectivity index (χ1v) is 9.18. The number of aromatic nitrogens is 4. The number of rotatable bonds is 3. The van der Waals surface area contributed by atoms with Crippen molar-refractivity contribution >= 4 is 23.4 Å². The van der Waals surface area contributed by atoms with Crippen LogP contribution in [0.2, 0.25) is 5.02 Å². The number of piperazine rings is 1. The van der Waals surface area contributed by atoms with Crippen molar-refractivity contribution in [2.75, 3.05) is 26.2 Å². The zero-order valence-corrected chi connectivity index (χ0v) is 15.7. The zero-order valence-electron chi connectivity index (χ0n) is 14.9. The van der Waals surface area contributed by atoms with Gasteiger partial charge in [-0.2, -0.15) is 4.68 Å². The summed E-state index contributed by atoms with van der Waals surface area (Å²) in [6, 6.07) is 14.1. The lowest BCUT2D eigenvalue weighted by atomic mass is 10.1. The fraction of sp³-hybridized carbons (Fsp3) is 0.211. The van der Waals surface area contributed by atoms with Crippen LogP contribution in [0.25, 0.3) is 5.69 Å². The van der Waals surface area contributed by atoms with Crippen molar-refractivity contribution in [3.8, 4) is 5.69 Å². The highest BCUT2D eigenvalue weighted by molar-refractivity contribution is 6.30. The average Bonchev–Trinajstić information content (AvgIpc) is 3.28. The molecule has 1 aliphatic rings. The van der Waals surface area contributed by atoms with Gasteiger partial charge in [0.05, 0.1) is 11.3 Å². The van der Waals surface area contributed by atoms with Crippen LogP contribution in [0.3, 0.4) is 0 Å². The van der Waals surface area contributed by atoms with Gasteiger partial charge >= 0.3 is 0 Å². The Hall–Kier alpha value is -3.26. The van der Waals surface area contributed by atoms with Crippen LogP contribution in [0.4, 0.5) is 0 Å². The third-order valence-electron chi connectivity index (χ3n) is 4.66. The van der Waals surface area contributed by atoms with E-state index >= 15 is 0 Å². The molecular formula is C19H17ClN6O2. The lowest BCUT2D eigenvalue weighted by Crippen LogP contribution is -2.50. The van der Waals surface area contributed by atoms with Crippen molar-refractivity contribution in [2.45, 2.75) is 0 Å². The van der Waals surface area contributed by atoms with Gasteiger partial charge in [-0.1, -0.05) is 29.8 Å². The molecule has 1 aliphatic heterocycles. The third kappa shape index (κ3) is 3.59. The van der Waals surface area contributed by atoms with Crippen molar-refractivity contribution in [2.24, 2.45) is 0 Å². The molecule has 1 saturated heterocycles. The maximum Gasteiger partial charge on any atom is 0.256 e. The Balaban J connectivity index is 1.46. The molecule has 8 nitrogen and oxygen atoms in total. The van der Waals surface area contributed by atoms with E-state index in [1.807, 2.05) is 6.07 Å². The van der Waals surface area contributed by atoms with Crippen molar-refractivity contribution in [1.82, 2.24) is 30.0 Å². The SMILES string of the molecule is O=C(c1cccc(Cl)c1)N1CCN(C(=O)c2ccccc2-n2cnnn2)CC1. The van der Waals surface area contributed by atoms with Crippen LogP contribution < -0.4 is 0 Å². The van der Waals surface area contributed by atoms with Gasteiger partial charge in [-0.05, 0) is 40.8 Å². The molecule has 2 aromatic carbocycles. The normalized spacial score (nSPS) is 14.2. The van der Waals surface area contributed by atoms with Crippen molar-refractivity contribution < 1.29 is 9.59 Å². The minimum atomic E-state index is -0.110. The average molecular weight is 397 g/mol. The van der Waals surface area contributed by atoms with Crippen LogP contribution in [0.1, 0.15) is 20.7 Å². The molecule has 1 aromatic heterocycles. The number of benzene rings is 2. The Bertz CT molecular complexity index is 999. The number of nitrogens with zero attached hydrogens (tertiary/aromatic N) is 6. The molecule has 0 radical (unpaired) electrons. The maximum absolute atomic E-state index is 13.0. The Morgan fingerprint density at radius 3 is 2.29 bits per heavy atom. The molecule has 0 unspecified atom stereocenters. The quantitative estimate of drug-likeness (QED) is 0.675. The molecule has 9 heteroatoms. The summed E-state index contributed by atoms with van der Waals surface area (Å²) in [4.78, 5) is 29.2. The molecule has 28 heavy (non-hydrogen) atoms. The first-order chi connectivity index (χ1) is 13.6. The second-order valence-corrected chi connectivity index (χ2v) is 6.80. The summed E-state index contributed by atoms with van der Waals surface area (Å²) in [5.41, 5.74) is 1.69. The highest BCUT2D eigenvalue weighted by atomic mass is 35.5. The van der Waals surface area contributed by atoms with E-state index in [1.165, 1.54) is 11.0 Å². The molecule has 2 amide bonds.